The van der Waals surface area contributed by atoms with E-state index in [-0.39, 0.29) is 0 Å². The summed E-state index contributed by atoms with van der Waals surface area (Å²) in [7, 11) is 1.73. The Bertz CT molecular complexity index is 425. The van der Waals surface area contributed by atoms with Gasteiger partial charge in [0.15, 0.2) is 0 Å². The molecule has 3 rings (SSSR count). The van der Waals surface area contributed by atoms with Gasteiger partial charge in [0.2, 0.25) is 0 Å². The summed E-state index contributed by atoms with van der Waals surface area (Å²) in [5, 5.41) is 3.54. The number of benzene rings is 1. The van der Waals surface area contributed by atoms with Crippen LogP contribution in [0.1, 0.15) is 43.2 Å². The lowest BCUT2D eigenvalue weighted by atomic mass is 9.96. The maximum Gasteiger partial charge on any atom is 0.124 e. The normalized spacial score (nSPS) is 19.2. The van der Waals surface area contributed by atoms with Crippen LogP contribution < -0.4 is 10.1 Å². The molecule has 104 valence electrons. The number of nitrogens with one attached hydrogen (secondary N) is 1. The largest absolute Gasteiger partial charge is 0.496 e. The SMILES string of the molecule is COc1ccc(CNC2CC2)cc1COC1CCC1. The standard InChI is InChI=1S/C16H23NO2/c1-18-16-8-5-12(10-17-14-6-7-14)9-13(16)11-19-15-3-2-4-15/h5,8-9,14-15,17H,2-4,6-7,10-11H2,1H3. The summed E-state index contributed by atoms with van der Waals surface area (Å²) in [6, 6.07) is 7.16. The van der Waals surface area contributed by atoms with Crippen molar-refractivity contribution >= 4 is 0 Å². The summed E-state index contributed by atoms with van der Waals surface area (Å²) in [6.45, 7) is 1.62. The fraction of sp³-hybridized carbons (Fsp3) is 0.625. The molecule has 19 heavy (non-hydrogen) atoms. The molecule has 1 aromatic rings. The van der Waals surface area contributed by atoms with Gasteiger partial charge in [-0.05, 0) is 49.8 Å². The third-order valence-electron chi connectivity index (χ3n) is 4.04. The van der Waals surface area contributed by atoms with E-state index in [1.54, 1.807) is 7.11 Å². The molecule has 2 fully saturated rings. The van der Waals surface area contributed by atoms with E-state index in [4.69, 9.17) is 9.47 Å². The van der Waals surface area contributed by atoms with Gasteiger partial charge in [-0.15, -0.1) is 0 Å². The van der Waals surface area contributed by atoms with Crippen LogP contribution in [0.2, 0.25) is 0 Å². The van der Waals surface area contributed by atoms with E-state index in [9.17, 15) is 0 Å². The van der Waals surface area contributed by atoms with Crippen molar-refractivity contribution in [2.75, 3.05) is 7.11 Å². The maximum atomic E-state index is 5.90. The number of ether oxygens (including phenoxy) is 2. The van der Waals surface area contributed by atoms with E-state index in [1.807, 2.05) is 0 Å². The molecular formula is C16H23NO2. The van der Waals surface area contributed by atoms with Crippen molar-refractivity contribution in [1.82, 2.24) is 5.32 Å². The van der Waals surface area contributed by atoms with E-state index in [0.29, 0.717) is 12.7 Å². The molecular weight excluding hydrogens is 238 g/mol. The van der Waals surface area contributed by atoms with E-state index >= 15 is 0 Å². The van der Waals surface area contributed by atoms with Crippen LogP contribution in [0, 0.1) is 0 Å². The first-order chi connectivity index (χ1) is 9.35. The first-order valence-corrected chi connectivity index (χ1v) is 7.36. The van der Waals surface area contributed by atoms with Crippen molar-refractivity contribution in [3.63, 3.8) is 0 Å². The van der Waals surface area contributed by atoms with Gasteiger partial charge in [0.1, 0.15) is 5.75 Å². The molecule has 0 unspecified atom stereocenters. The second-order valence-corrected chi connectivity index (χ2v) is 5.67. The van der Waals surface area contributed by atoms with Gasteiger partial charge in [0.25, 0.3) is 0 Å². The average molecular weight is 261 g/mol. The van der Waals surface area contributed by atoms with E-state index < -0.39 is 0 Å². The number of hydrogen-bond donors (Lipinski definition) is 1. The van der Waals surface area contributed by atoms with Crippen LogP contribution in [0.3, 0.4) is 0 Å². The molecule has 0 heterocycles. The predicted molar refractivity (Wildman–Crippen MR) is 75.3 cm³/mol. The molecule has 0 atom stereocenters. The van der Waals surface area contributed by atoms with Crippen molar-refractivity contribution in [2.45, 2.75) is 57.4 Å². The lowest BCUT2D eigenvalue weighted by Gasteiger charge is -2.26. The van der Waals surface area contributed by atoms with Gasteiger partial charge in [-0.2, -0.15) is 0 Å². The summed E-state index contributed by atoms with van der Waals surface area (Å²) in [5.74, 6) is 0.939. The zero-order chi connectivity index (χ0) is 13.1. The summed E-state index contributed by atoms with van der Waals surface area (Å²) < 4.78 is 11.3. The molecule has 0 saturated heterocycles. The lowest BCUT2D eigenvalue weighted by molar-refractivity contribution is -0.00936. The van der Waals surface area contributed by atoms with Gasteiger partial charge in [-0.1, -0.05) is 6.07 Å². The minimum absolute atomic E-state index is 0.470. The molecule has 3 nitrogen and oxygen atoms in total. The molecule has 3 heteroatoms. The number of hydrogen-bond acceptors (Lipinski definition) is 3. The molecule has 2 aliphatic carbocycles. The fourth-order valence-corrected chi connectivity index (χ4v) is 2.35. The van der Waals surface area contributed by atoms with Crippen LogP contribution in [0.5, 0.6) is 5.75 Å². The molecule has 2 aliphatic rings. The Labute approximate surface area is 115 Å². The van der Waals surface area contributed by atoms with Gasteiger partial charge in [-0.25, -0.2) is 0 Å². The summed E-state index contributed by atoms with van der Waals surface area (Å²) >= 11 is 0. The second-order valence-electron chi connectivity index (χ2n) is 5.67. The van der Waals surface area contributed by atoms with E-state index in [0.717, 1.165) is 18.3 Å². The topological polar surface area (TPSA) is 30.5 Å². The van der Waals surface area contributed by atoms with Crippen molar-refractivity contribution < 1.29 is 9.47 Å². The lowest BCUT2D eigenvalue weighted by Crippen LogP contribution is -2.21. The molecule has 2 saturated carbocycles. The van der Waals surface area contributed by atoms with Crippen molar-refractivity contribution in [3.05, 3.63) is 29.3 Å². The Kier molecular flexibility index (Phi) is 4.04. The zero-order valence-electron chi connectivity index (χ0n) is 11.7. The van der Waals surface area contributed by atoms with Gasteiger partial charge >= 0.3 is 0 Å². The molecule has 0 aliphatic heterocycles. The van der Waals surface area contributed by atoms with Crippen LogP contribution >= 0.6 is 0 Å². The number of methoxy groups -OCH3 is 1. The minimum atomic E-state index is 0.470. The van der Waals surface area contributed by atoms with E-state index in [1.165, 1.54) is 43.2 Å². The molecule has 0 amide bonds. The number of rotatable bonds is 7. The van der Waals surface area contributed by atoms with Gasteiger partial charge < -0.3 is 14.8 Å². The van der Waals surface area contributed by atoms with Crippen LogP contribution in [0.15, 0.2) is 18.2 Å². The second kappa shape index (κ2) is 5.93. The smallest absolute Gasteiger partial charge is 0.124 e. The molecule has 1 N–H and O–H groups in total. The van der Waals surface area contributed by atoms with Crippen LogP contribution in [0.25, 0.3) is 0 Å². The van der Waals surface area contributed by atoms with Gasteiger partial charge in [-0.3, -0.25) is 0 Å². The highest BCUT2D eigenvalue weighted by atomic mass is 16.5. The average Bonchev–Trinajstić information content (AvgIpc) is 3.19. The monoisotopic (exact) mass is 261 g/mol. The first-order valence-electron chi connectivity index (χ1n) is 7.36. The Morgan fingerprint density at radius 1 is 1.21 bits per heavy atom. The van der Waals surface area contributed by atoms with Crippen LogP contribution in [0.4, 0.5) is 0 Å². The summed E-state index contributed by atoms with van der Waals surface area (Å²) in [4.78, 5) is 0. The van der Waals surface area contributed by atoms with Crippen LogP contribution in [-0.4, -0.2) is 19.3 Å². The summed E-state index contributed by atoms with van der Waals surface area (Å²) in [5.41, 5.74) is 2.49. The zero-order valence-corrected chi connectivity index (χ0v) is 11.7. The molecule has 0 bridgehead atoms. The van der Waals surface area contributed by atoms with Crippen molar-refractivity contribution in [2.24, 2.45) is 0 Å². The first kappa shape index (κ1) is 12.9. The molecule has 0 radical (unpaired) electrons. The Balaban J connectivity index is 1.61. The highest BCUT2D eigenvalue weighted by Crippen LogP contribution is 2.27. The Hall–Kier alpha value is -1.06. The predicted octanol–water partition coefficient (Wildman–Crippen LogP) is 3.02. The highest BCUT2D eigenvalue weighted by molar-refractivity contribution is 5.37. The maximum absolute atomic E-state index is 5.90. The quantitative estimate of drug-likeness (QED) is 0.818. The Morgan fingerprint density at radius 2 is 2.05 bits per heavy atom. The van der Waals surface area contributed by atoms with Gasteiger partial charge in [0, 0.05) is 18.2 Å². The van der Waals surface area contributed by atoms with Crippen LogP contribution in [-0.2, 0) is 17.9 Å². The molecule has 0 aromatic heterocycles. The van der Waals surface area contributed by atoms with Crippen molar-refractivity contribution in [3.8, 4) is 5.75 Å². The Morgan fingerprint density at radius 3 is 2.68 bits per heavy atom. The highest BCUT2D eigenvalue weighted by Gasteiger charge is 2.20. The minimum Gasteiger partial charge on any atom is -0.496 e. The third-order valence-corrected chi connectivity index (χ3v) is 4.04. The third kappa shape index (κ3) is 3.48. The van der Waals surface area contributed by atoms with Gasteiger partial charge in [0.05, 0.1) is 19.8 Å². The molecule has 0 spiro atoms. The summed E-state index contributed by atoms with van der Waals surface area (Å²) in [6.07, 6.45) is 6.86. The molecule has 1 aromatic carbocycles. The van der Waals surface area contributed by atoms with E-state index in [2.05, 4.69) is 23.5 Å². The van der Waals surface area contributed by atoms with Crippen molar-refractivity contribution in [1.29, 1.82) is 0 Å². The fourth-order valence-electron chi connectivity index (χ4n) is 2.35.